The molecule has 2 N–H and O–H groups in total. The molecule has 0 aliphatic carbocycles. The molecule has 2 atom stereocenters. The SMILES string of the molecule is COc1ccc2nc(S[C@@H](C)C(=O)N[C@@H](C)c3ccc(F)cc3)[nH]c2c1. The van der Waals surface area contributed by atoms with Gasteiger partial charge in [0.1, 0.15) is 11.6 Å². The van der Waals surface area contributed by atoms with Gasteiger partial charge < -0.3 is 15.0 Å². The van der Waals surface area contributed by atoms with E-state index in [1.807, 2.05) is 32.0 Å². The number of thioether (sulfide) groups is 1. The Labute approximate surface area is 155 Å². The van der Waals surface area contributed by atoms with Crippen molar-refractivity contribution in [2.24, 2.45) is 0 Å². The summed E-state index contributed by atoms with van der Waals surface area (Å²) in [6.07, 6.45) is 0. The van der Waals surface area contributed by atoms with Crippen LogP contribution in [-0.4, -0.2) is 28.2 Å². The maximum Gasteiger partial charge on any atom is 0.233 e. The summed E-state index contributed by atoms with van der Waals surface area (Å²) in [6, 6.07) is 11.5. The Balaban J connectivity index is 1.64. The maximum atomic E-state index is 13.0. The summed E-state index contributed by atoms with van der Waals surface area (Å²) in [7, 11) is 1.61. The lowest BCUT2D eigenvalue weighted by Gasteiger charge is -2.17. The number of ether oxygens (including phenoxy) is 1. The third-order valence-corrected chi connectivity index (χ3v) is 5.04. The number of halogens is 1. The Kier molecular flexibility index (Phi) is 5.46. The van der Waals surface area contributed by atoms with E-state index in [1.165, 1.54) is 23.9 Å². The predicted octanol–water partition coefficient (Wildman–Crippen LogP) is 4.07. The lowest BCUT2D eigenvalue weighted by molar-refractivity contribution is -0.120. The highest BCUT2D eigenvalue weighted by Crippen LogP contribution is 2.26. The van der Waals surface area contributed by atoms with Crippen LogP contribution < -0.4 is 10.1 Å². The molecule has 2 aromatic carbocycles. The molecular weight excluding hydrogens is 353 g/mol. The molecule has 3 rings (SSSR count). The van der Waals surface area contributed by atoms with E-state index in [0.29, 0.717) is 5.16 Å². The van der Waals surface area contributed by atoms with Crippen LogP contribution in [0.25, 0.3) is 11.0 Å². The second-order valence-corrected chi connectivity index (χ2v) is 7.30. The first-order chi connectivity index (χ1) is 12.5. The minimum atomic E-state index is -0.333. The van der Waals surface area contributed by atoms with Gasteiger partial charge in [0.15, 0.2) is 5.16 Å². The predicted molar refractivity (Wildman–Crippen MR) is 101 cm³/mol. The van der Waals surface area contributed by atoms with Gasteiger partial charge >= 0.3 is 0 Å². The minimum Gasteiger partial charge on any atom is -0.497 e. The van der Waals surface area contributed by atoms with Gasteiger partial charge in [0.05, 0.1) is 29.4 Å². The first-order valence-electron chi connectivity index (χ1n) is 8.22. The highest BCUT2D eigenvalue weighted by Gasteiger charge is 2.19. The lowest BCUT2D eigenvalue weighted by Crippen LogP contribution is -2.33. The highest BCUT2D eigenvalue weighted by molar-refractivity contribution is 8.00. The van der Waals surface area contributed by atoms with Crippen molar-refractivity contribution in [3.05, 3.63) is 53.8 Å². The molecule has 1 heterocycles. The molecule has 5 nitrogen and oxygen atoms in total. The van der Waals surface area contributed by atoms with Crippen LogP contribution in [0.3, 0.4) is 0 Å². The third kappa shape index (κ3) is 4.16. The molecule has 0 fully saturated rings. The highest BCUT2D eigenvalue weighted by atomic mass is 32.2. The fourth-order valence-electron chi connectivity index (χ4n) is 2.53. The number of nitrogens with zero attached hydrogens (tertiary/aromatic N) is 1. The molecule has 0 aliphatic heterocycles. The molecule has 136 valence electrons. The number of carbonyl (C=O) groups is 1. The van der Waals surface area contributed by atoms with Crippen molar-refractivity contribution >= 4 is 28.7 Å². The fourth-order valence-corrected chi connectivity index (χ4v) is 3.36. The van der Waals surface area contributed by atoms with Crippen molar-refractivity contribution in [2.75, 3.05) is 7.11 Å². The van der Waals surface area contributed by atoms with Gasteiger partial charge in [0.25, 0.3) is 0 Å². The first kappa shape index (κ1) is 18.3. The number of fused-ring (bicyclic) bond motifs is 1. The summed E-state index contributed by atoms with van der Waals surface area (Å²) < 4.78 is 18.2. The van der Waals surface area contributed by atoms with Crippen molar-refractivity contribution < 1.29 is 13.9 Å². The summed E-state index contributed by atoms with van der Waals surface area (Å²) in [6.45, 7) is 3.70. The van der Waals surface area contributed by atoms with Gasteiger partial charge in [-0.15, -0.1) is 0 Å². The van der Waals surface area contributed by atoms with Crippen LogP contribution in [0.5, 0.6) is 5.75 Å². The van der Waals surface area contributed by atoms with Gasteiger partial charge in [0.2, 0.25) is 5.91 Å². The van der Waals surface area contributed by atoms with E-state index >= 15 is 0 Å². The van der Waals surface area contributed by atoms with Crippen molar-refractivity contribution in [1.29, 1.82) is 0 Å². The summed E-state index contributed by atoms with van der Waals surface area (Å²) in [4.78, 5) is 20.1. The number of hydrogen-bond donors (Lipinski definition) is 2. The topological polar surface area (TPSA) is 67.0 Å². The molecule has 26 heavy (non-hydrogen) atoms. The zero-order valence-corrected chi connectivity index (χ0v) is 15.6. The van der Waals surface area contributed by atoms with Gasteiger partial charge in [0, 0.05) is 6.07 Å². The number of amides is 1. The van der Waals surface area contributed by atoms with Crippen molar-refractivity contribution in [2.45, 2.75) is 30.3 Å². The van der Waals surface area contributed by atoms with Crippen LogP contribution >= 0.6 is 11.8 Å². The number of rotatable bonds is 6. The molecule has 3 aromatic rings. The monoisotopic (exact) mass is 373 g/mol. The molecule has 1 amide bonds. The Morgan fingerprint density at radius 1 is 1.23 bits per heavy atom. The van der Waals surface area contributed by atoms with Crippen LogP contribution in [0.4, 0.5) is 4.39 Å². The van der Waals surface area contributed by atoms with E-state index in [9.17, 15) is 9.18 Å². The first-order valence-corrected chi connectivity index (χ1v) is 9.10. The zero-order chi connectivity index (χ0) is 18.7. The summed E-state index contributed by atoms with van der Waals surface area (Å²) >= 11 is 1.35. The molecule has 7 heteroatoms. The quantitative estimate of drug-likeness (QED) is 0.639. The van der Waals surface area contributed by atoms with E-state index in [4.69, 9.17) is 4.74 Å². The van der Waals surface area contributed by atoms with Gasteiger partial charge in [-0.2, -0.15) is 0 Å². The van der Waals surface area contributed by atoms with Crippen molar-refractivity contribution in [3.63, 3.8) is 0 Å². The van der Waals surface area contributed by atoms with Crippen molar-refractivity contribution in [1.82, 2.24) is 15.3 Å². The standard InChI is InChI=1S/C19H20FN3O2S/c1-11(13-4-6-14(20)7-5-13)21-18(24)12(2)26-19-22-16-9-8-15(25-3)10-17(16)23-19/h4-12H,1-3H3,(H,21,24)(H,22,23)/t11-,12-/m0/s1. The molecule has 0 saturated heterocycles. The van der Waals surface area contributed by atoms with Gasteiger partial charge in [-0.1, -0.05) is 23.9 Å². The Hall–Kier alpha value is -2.54. The third-order valence-electron chi connectivity index (χ3n) is 4.05. The van der Waals surface area contributed by atoms with E-state index in [2.05, 4.69) is 15.3 Å². The molecule has 1 aromatic heterocycles. The molecule has 0 unspecified atom stereocenters. The number of nitrogens with one attached hydrogen (secondary N) is 2. The van der Waals surface area contributed by atoms with Crippen LogP contribution in [0, 0.1) is 5.82 Å². The number of aromatic amines is 1. The van der Waals surface area contributed by atoms with E-state index in [0.717, 1.165) is 22.3 Å². The Morgan fingerprint density at radius 2 is 1.96 bits per heavy atom. The summed E-state index contributed by atoms with van der Waals surface area (Å²) in [5.41, 5.74) is 2.53. The van der Waals surface area contributed by atoms with Crippen molar-refractivity contribution in [3.8, 4) is 5.75 Å². The molecule has 0 saturated carbocycles. The molecule has 0 radical (unpaired) electrons. The van der Waals surface area contributed by atoms with Crippen LogP contribution in [-0.2, 0) is 4.79 Å². The van der Waals surface area contributed by atoms with E-state index < -0.39 is 0 Å². The smallest absolute Gasteiger partial charge is 0.233 e. The normalized spacial score (nSPS) is 13.4. The number of benzene rings is 2. The van der Waals surface area contributed by atoms with Crippen LogP contribution in [0.15, 0.2) is 47.6 Å². The fraction of sp³-hybridized carbons (Fsp3) is 0.263. The number of H-pyrrole nitrogens is 1. The summed E-state index contributed by atoms with van der Waals surface area (Å²) in [5.74, 6) is 0.346. The maximum absolute atomic E-state index is 13.0. The molecule has 0 bridgehead atoms. The molecular formula is C19H20FN3O2S. The Morgan fingerprint density at radius 3 is 2.65 bits per heavy atom. The number of aromatic nitrogens is 2. The van der Waals surface area contributed by atoms with E-state index in [-0.39, 0.29) is 23.0 Å². The second-order valence-electron chi connectivity index (χ2n) is 5.97. The Bertz CT molecular complexity index is 911. The minimum absolute atomic E-state index is 0.107. The molecule has 0 spiro atoms. The zero-order valence-electron chi connectivity index (χ0n) is 14.7. The average molecular weight is 373 g/mol. The number of carbonyl (C=O) groups excluding carboxylic acids is 1. The second kappa shape index (κ2) is 7.78. The van der Waals surface area contributed by atoms with Crippen LogP contribution in [0.2, 0.25) is 0 Å². The number of imidazole rings is 1. The molecule has 0 aliphatic rings. The lowest BCUT2D eigenvalue weighted by atomic mass is 10.1. The van der Waals surface area contributed by atoms with Gasteiger partial charge in [-0.3, -0.25) is 4.79 Å². The summed E-state index contributed by atoms with van der Waals surface area (Å²) in [5, 5.41) is 3.28. The van der Waals surface area contributed by atoms with Gasteiger partial charge in [-0.05, 0) is 43.7 Å². The number of hydrogen-bond acceptors (Lipinski definition) is 4. The largest absolute Gasteiger partial charge is 0.497 e. The van der Waals surface area contributed by atoms with E-state index in [1.54, 1.807) is 19.2 Å². The number of methoxy groups -OCH3 is 1. The van der Waals surface area contributed by atoms with Crippen LogP contribution in [0.1, 0.15) is 25.5 Å². The average Bonchev–Trinajstić information content (AvgIpc) is 3.03. The van der Waals surface area contributed by atoms with Gasteiger partial charge in [-0.25, -0.2) is 9.37 Å².